The van der Waals surface area contributed by atoms with Crippen molar-refractivity contribution < 1.29 is 28.8 Å². The number of carbonyl (C=O) groups is 4. The lowest BCUT2D eigenvalue weighted by molar-refractivity contribution is -0.384. The minimum atomic E-state index is -1.40. The highest BCUT2D eigenvalue weighted by molar-refractivity contribution is 6.39. The van der Waals surface area contributed by atoms with Gasteiger partial charge in [-0.05, 0) is 35.6 Å². The predicted octanol–water partition coefficient (Wildman–Crippen LogP) is 1.38. The van der Waals surface area contributed by atoms with E-state index in [1.54, 1.807) is 20.3 Å². The van der Waals surface area contributed by atoms with Gasteiger partial charge in [0.2, 0.25) is 17.7 Å². The second-order valence-corrected chi connectivity index (χ2v) is 8.56. The van der Waals surface area contributed by atoms with E-state index in [4.69, 9.17) is 10.5 Å². The molecule has 2 aromatic carbocycles. The lowest BCUT2D eigenvalue weighted by atomic mass is 9.78. The number of nitrogens with two attached hydrogens (primary N) is 1. The van der Waals surface area contributed by atoms with Gasteiger partial charge in [0.15, 0.2) is 0 Å². The number of nitrogens with one attached hydrogen (secondary N) is 3. The van der Waals surface area contributed by atoms with Gasteiger partial charge in [-0.15, -0.1) is 0 Å². The van der Waals surface area contributed by atoms with Crippen molar-refractivity contribution in [3.8, 4) is 0 Å². The summed E-state index contributed by atoms with van der Waals surface area (Å²) in [5.74, 6) is -2.85. The largest absolute Gasteiger partial charge is 0.459 e. The Hall–Kier alpha value is -4.68. The van der Waals surface area contributed by atoms with E-state index < -0.39 is 41.2 Å². The Morgan fingerprint density at radius 3 is 2.45 bits per heavy atom. The topological polar surface area (TPSA) is 187 Å². The third-order valence-corrected chi connectivity index (χ3v) is 5.67. The van der Waals surface area contributed by atoms with Crippen molar-refractivity contribution in [2.24, 2.45) is 5.73 Å². The number of H-pyrrole nitrogens is 1. The van der Waals surface area contributed by atoms with Crippen LogP contribution >= 0.6 is 0 Å². The summed E-state index contributed by atoms with van der Waals surface area (Å²) in [5, 5.41) is 16.8. The zero-order chi connectivity index (χ0) is 27.7. The number of amides is 3. The highest BCUT2D eigenvalue weighted by atomic mass is 16.6. The second-order valence-electron chi connectivity index (χ2n) is 8.56. The van der Waals surface area contributed by atoms with Crippen LogP contribution in [0.15, 0.2) is 54.7 Å². The number of nitro groups is 1. The first kappa shape index (κ1) is 27.9. The molecule has 0 spiro atoms. The van der Waals surface area contributed by atoms with E-state index in [0.717, 1.165) is 16.5 Å². The first-order valence-electron chi connectivity index (χ1n) is 11.8. The number of aromatic amines is 1. The first-order chi connectivity index (χ1) is 18.2. The average molecular weight is 520 g/mol. The monoisotopic (exact) mass is 520 g/mol. The highest BCUT2D eigenvalue weighted by Crippen LogP contribution is 2.19. The Morgan fingerprint density at radius 1 is 1.08 bits per heavy atom. The summed E-state index contributed by atoms with van der Waals surface area (Å²) >= 11 is 0. The summed E-state index contributed by atoms with van der Waals surface area (Å²) in [5.41, 5.74) is 7.26. The number of non-ortho nitro benzene ring substituents is 1. The Labute approximate surface area is 218 Å². The number of nitrogens with zero attached hydrogens (tertiary/aromatic N) is 1. The summed E-state index contributed by atoms with van der Waals surface area (Å²) < 4.78 is 5.23. The standard InChI is InChI=1S/C25H27BN5O7/c1-26-12-23(33)29-20(10-16-13-28-19-5-3-2-4-18(16)19)24(34)30-21(11-22(27)32)25(35)38-14-15-6-8-17(9-7-15)31(36)37/h2-9,13,20-21,28H,10-12,14H2,1H3,(H2,27,32)(H,29,33)(H,30,34)/t20-,21+/m0/s1. The lowest BCUT2D eigenvalue weighted by Gasteiger charge is -2.22. The van der Waals surface area contributed by atoms with E-state index in [1.807, 2.05) is 24.3 Å². The van der Waals surface area contributed by atoms with Crippen molar-refractivity contribution in [2.75, 3.05) is 0 Å². The Morgan fingerprint density at radius 2 is 1.79 bits per heavy atom. The molecule has 3 amide bonds. The maximum Gasteiger partial charge on any atom is 0.329 e. The van der Waals surface area contributed by atoms with Crippen LogP contribution in [0, 0.1) is 10.1 Å². The molecule has 197 valence electrons. The molecule has 0 aliphatic carbocycles. The number of primary amides is 1. The summed E-state index contributed by atoms with van der Waals surface area (Å²) in [4.78, 5) is 63.3. The molecule has 3 rings (SSSR count). The van der Waals surface area contributed by atoms with Crippen molar-refractivity contribution in [2.45, 2.75) is 44.7 Å². The molecule has 5 N–H and O–H groups in total. The third-order valence-electron chi connectivity index (χ3n) is 5.67. The fourth-order valence-electron chi connectivity index (χ4n) is 3.80. The van der Waals surface area contributed by atoms with Gasteiger partial charge in [0.1, 0.15) is 26.0 Å². The van der Waals surface area contributed by atoms with Gasteiger partial charge in [-0.1, -0.05) is 25.0 Å². The quantitative estimate of drug-likeness (QED) is 0.113. The number of para-hydroxylation sites is 1. The molecular weight excluding hydrogens is 493 g/mol. The van der Waals surface area contributed by atoms with E-state index >= 15 is 0 Å². The molecule has 12 nitrogen and oxygen atoms in total. The maximum absolute atomic E-state index is 13.2. The molecule has 0 saturated carbocycles. The number of rotatable bonds is 13. The molecule has 0 aliphatic rings. The normalized spacial score (nSPS) is 12.2. The van der Waals surface area contributed by atoms with Crippen molar-refractivity contribution in [3.63, 3.8) is 0 Å². The van der Waals surface area contributed by atoms with Crippen LogP contribution in [0.25, 0.3) is 10.9 Å². The Bertz CT molecular complexity index is 1330. The van der Waals surface area contributed by atoms with Gasteiger partial charge in [-0.2, -0.15) is 0 Å². The van der Waals surface area contributed by atoms with Gasteiger partial charge in [0, 0.05) is 35.7 Å². The molecule has 0 unspecified atom stereocenters. The molecule has 1 aromatic heterocycles. The minimum Gasteiger partial charge on any atom is -0.459 e. The van der Waals surface area contributed by atoms with Gasteiger partial charge in [-0.25, -0.2) is 4.79 Å². The fraction of sp³-hybridized carbons (Fsp3) is 0.280. The smallest absolute Gasteiger partial charge is 0.329 e. The zero-order valence-corrected chi connectivity index (χ0v) is 20.6. The van der Waals surface area contributed by atoms with Crippen LogP contribution in [0.4, 0.5) is 5.69 Å². The Balaban J connectivity index is 1.73. The van der Waals surface area contributed by atoms with Crippen LogP contribution < -0.4 is 16.4 Å². The van der Waals surface area contributed by atoms with Crippen LogP contribution in [-0.2, 0) is 36.9 Å². The van der Waals surface area contributed by atoms with E-state index in [2.05, 4.69) is 15.6 Å². The third kappa shape index (κ3) is 7.66. The van der Waals surface area contributed by atoms with E-state index in [1.165, 1.54) is 24.3 Å². The number of carbonyl (C=O) groups excluding carboxylic acids is 4. The molecule has 1 heterocycles. The van der Waals surface area contributed by atoms with Crippen molar-refractivity contribution >= 4 is 47.6 Å². The molecule has 1 radical (unpaired) electrons. The van der Waals surface area contributed by atoms with Gasteiger partial charge in [0.05, 0.1) is 11.3 Å². The van der Waals surface area contributed by atoms with Crippen LogP contribution in [0.2, 0.25) is 13.1 Å². The first-order valence-corrected chi connectivity index (χ1v) is 11.8. The number of aromatic nitrogens is 1. The zero-order valence-electron chi connectivity index (χ0n) is 20.6. The van der Waals surface area contributed by atoms with E-state index in [0.29, 0.717) is 5.56 Å². The number of nitro benzene ring substituents is 1. The summed E-state index contributed by atoms with van der Waals surface area (Å²) in [7, 11) is 1.64. The summed E-state index contributed by atoms with van der Waals surface area (Å²) in [6.07, 6.45) is 1.41. The molecule has 0 saturated heterocycles. The summed E-state index contributed by atoms with van der Waals surface area (Å²) in [6.45, 7) is 1.46. The number of hydrogen-bond donors (Lipinski definition) is 4. The van der Waals surface area contributed by atoms with Crippen LogP contribution in [0.3, 0.4) is 0 Å². The Kier molecular flexibility index (Phi) is 9.57. The van der Waals surface area contributed by atoms with Crippen LogP contribution in [-0.4, -0.2) is 53.0 Å². The highest BCUT2D eigenvalue weighted by Gasteiger charge is 2.29. The van der Waals surface area contributed by atoms with Gasteiger partial charge >= 0.3 is 5.97 Å². The van der Waals surface area contributed by atoms with Gasteiger partial charge in [0.25, 0.3) is 5.69 Å². The molecular formula is C25H27BN5O7. The molecule has 38 heavy (non-hydrogen) atoms. The molecule has 0 bridgehead atoms. The predicted molar refractivity (Wildman–Crippen MR) is 139 cm³/mol. The molecule has 2 atom stereocenters. The molecule has 0 fully saturated rings. The second kappa shape index (κ2) is 13.0. The maximum atomic E-state index is 13.2. The van der Waals surface area contributed by atoms with Gasteiger partial charge in [-0.3, -0.25) is 24.5 Å². The number of fused-ring (bicyclic) bond motifs is 1. The van der Waals surface area contributed by atoms with Crippen LogP contribution in [0.1, 0.15) is 17.5 Å². The molecule has 13 heteroatoms. The summed E-state index contributed by atoms with van der Waals surface area (Å²) in [6, 6.07) is 10.4. The lowest BCUT2D eigenvalue weighted by Crippen LogP contribution is -2.53. The van der Waals surface area contributed by atoms with Crippen molar-refractivity contribution in [1.29, 1.82) is 0 Å². The van der Waals surface area contributed by atoms with E-state index in [9.17, 15) is 29.3 Å². The van der Waals surface area contributed by atoms with Crippen molar-refractivity contribution in [3.05, 3.63) is 76.0 Å². The number of benzene rings is 2. The van der Waals surface area contributed by atoms with Gasteiger partial charge < -0.3 is 26.1 Å². The number of esters is 1. The minimum absolute atomic E-state index is 0.0830. The number of hydrogen-bond acceptors (Lipinski definition) is 7. The van der Waals surface area contributed by atoms with Crippen LogP contribution in [0.5, 0.6) is 0 Å². The number of ether oxygens (including phenoxy) is 1. The average Bonchev–Trinajstić information content (AvgIpc) is 3.29. The molecule has 3 aromatic rings. The SMILES string of the molecule is C[B]CC(=O)N[C@@H](Cc1c[nH]c2ccccc12)C(=O)N[C@H](CC(N)=O)C(=O)OCc1ccc([N+](=O)[O-])cc1. The van der Waals surface area contributed by atoms with Crippen molar-refractivity contribution in [1.82, 2.24) is 15.6 Å². The molecule has 0 aliphatic heterocycles. The fourth-order valence-corrected chi connectivity index (χ4v) is 3.80. The van der Waals surface area contributed by atoms with E-state index in [-0.39, 0.29) is 30.9 Å².